The topological polar surface area (TPSA) is 12.4 Å². The summed E-state index contributed by atoms with van der Waals surface area (Å²) in [6.07, 6.45) is 10.4. The second kappa shape index (κ2) is 13.2. The Kier molecular flexibility index (Phi) is 8.86. The van der Waals surface area contributed by atoms with Crippen LogP contribution in [0.2, 0.25) is 0 Å². The van der Waals surface area contributed by atoms with Gasteiger partial charge in [0.15, 0.2) is 0 Å². The summed E-state index contributed by atoms with van der Waals surface area (Å²) in [5.74, 6) is 0. The Labute approximate surface area is 275 Å². The molecule has 0 fully saturated rings. The third-order valence-electron chi connectivity index (χ3n) is 9.58. The highest BCUT2D eigenvalue weighted by Crippen LogP contribution is 2.38. The van der Waals surface area contributed by atoms with Crippen molar-refractivity contribution in [2.75, 3.05) is 0 Å². The van der Waals surface area contributed by atoms with Crippen LogP contribution in [0.4, 0.5) is 0 Å². The molecule has 0 aliphatic heterocycles. The molecule has 46 heavy (non-hydrogen) atoms. The average Bonchev–Trinajstić information content (AvgIpc) is 3.16. The van der Waals surface area contributed by atoms with E-state index in [4.69, 9.17) is 4.99 Å². The normalized spacial score (nSPS) is 16.1. The first-order valence-corrected chi connectivity index (χ1v) is 16.4. The second-order valence-corrected chi connectivity index (χ2v) is 12.9. The van der Waals surface area contributed by atoms with Crippen LogP contribution in [-0.4, -0.2) is 5.71 Å². The molecule has 0 N–H and O–H groups in total. The lowest BCUT2D eigenvalue weighted by molar-refractivity contribution is 0.605. The van der Waals surface area contributed by atoms with Gasteiger partial charge in [0.1, 0.15) is 5.54 Å². The molecule has 0 amide bonds. The fourth-order valence-electron chi connectivity index (χ4n) is 6.51. The molecule has 0 atom stereocenters. The van der Waals surface area contributed by atoms with E-state index in [2.05, 4.69) is 186 Å². The summed E-state index contributed by atoms with van der Waals surface area (Å²) in [4.78, 5) is 5.50. The van der Waals surface area contributed by atoms with Gasteiger partial charge in [0, 0.05) is 11.1 Å². The van der Waals surface area contributed by atoms with Gasteiger partial charge >= 0.3 is 0 Å². The van der Waals surface area contributed by atoms with Crippen LogP contribution in [0.1, 0.15) is 61.9 Å². The van der Waals surface area contributed by atoms with E-state index in [1.54, 1.807) is 0 Å². The predicted octanol–water partition coefficient (Wildman–Crippen LogP) is 11.7. The molecule has 0 saturated carbocycles. The summed E-state index contributed by atoms with van der Waals surface area (Å²) in [5.41, 5.74) is 12.6. The van der Waals surface area contributed by atoms with Gasteiger partial charge in [-0.1, -0.05) is 167 Å². The first kappa shape index (κ1) is 31.0. The fraction of sp³-hybridized carbons (Fsp3) is 0.178. The van der Waals surface area contributed by atoms with Crippen LogP contribution >= 0.6 is 0 Å². The molecule has 0 bridgehead atoms. The van der Waals surface area contributed by atoms with Crippen LogP contribution in [0.5, 0.6) is 0 Å². The number of hydrogen-bond acceptors (Lipinski definition) is 1. The van der Waals surface area contributed by atoms with E-state index in [0.29, 0.717) is 0 Å². The Morgan fingerprint density at radius 1 is 0.696 bits per heavy atom. The van der Waals surface area contributed by atoms with E-state index in [1.807, 2.05) is 0 Å². The van der Waals surface area contributed by atoms with Crippen LogP contribution in [0.15, 0.2) is 169 Å². The van der Waals surface area contributed by atoms with Gasteiger partial charge in [-0.05, 0) is 87.5 Å². The van der Waals surface area contributed by atoms with Crippen LogP contribution in [0.25, 0.3) is 22.3 Å². The second-order valence-electron chi connectivity index (χ2n) is 12.9. The summed E-state index contributed by atoms with van der Waals surface area (Å²) in [7, 11) is 0. The molecule has 5 aromatic carbocycles. The van der Waals surface area contributed by atoms with Crippen LogP contribution in [0.3, 0.4) is 0 Å². The van der Waals surface area contributed by atoms with Crippen LogP contribution < -0.4 is 0 Å². The number of aliphatic imine (C=N–C) groups is 1. The predicted molar refractivity (Wildman–Crippen MR) is 198 cm³/mol. The lowest BCUT2D eigenvalue weighted by Gasteiger charge is -2.29. The maximum absolute atomic E-state index is 5.50. The van der Waals surface area contributed by atoms with Crippen molar-refractivity contribution < 1.29 is 0 Å². The van der Waals surface area contributed by atoms with E-state index in [1.165, 1.54) is 44.5 Å². The van der Waals surface area contributed by atoms with Gasteiger partial charge < -0.3 is 0 Å². The molecule has 0 saturated heterocycles. The number of nitrogens with zero attached hydrogens (tertiary/aromatic N) is 1. The molecule has 6 rings (SSSR count). The Morgan fingerprint density at radius 3 is 1.89 bits per heavy atom. The average molecular weight is 598 g/mol. The Hall–Kier alpha value is -5.01. The van der Waals surface area contributed by atoms with Crippen LogP contribution in [-0.2, 0) is 17.4 Å². The minimum Gasteiger partial charge on any atom is -0.273 e. The monoisotopic (exact) mass is 597 g/mol. The summed E-state index contributed by atoms with van der Waals surface area (Å²) in [6, 6.07) is 46.0. The third kappa shape index (κ3) is 6.24. The molecule has 0 aromatic heterocycles. The standard InChI is InChI=1S/C45H43N/c1-6-43(46-45(5,40-21-12-8-13-22-40)41-23-14-9-15-24-41)39-20-16-19-37(31-39)34-25-27-35(28-26-34)38-30-29-36-18-11-7-10-17-33(2)44(3,4)42(36)32-38/h7-17,19-32H,2,6,18H2,1,3-5H3/b11-7-,17-10-,46-43?. The smallest absolute Gasteiger partial charge is 0.108 e. The summed E-state index contributed by atoms with van der Waals surface area (Å²) < 4.78 is 0. The van der Waals surface area contributed by atoms with Gasteiger partial charge in [0.25, 0.3) is 0 Å². The van der Waals surface area contributed by atoms with E-state index in [0.717, 1.165) is 29.7 Å². The molecule has 1 aliphatic carbocycles. The summed E-state index contributed by atoms with van der Waals surface area (Å²) in [5, 5.41) is 0. The Balaban J connectivity index is 1.33. The lowest BCUT2D eigenvalue weighted by atomic mass is 9.75. The van der Waals surface area contributed by atoms with Crippen molar-refractivity contribution in [2.45, 2.75) is 51.5 Å². The molecule has 0 unspecified atom stereocenters. The molecule has 0 spiro atoms. The zero-order chi connectivity index (χ0) is 32.1. The zero-order valence-corrected chi connectivity index (χ0v) is 27.5. The van der Waals surface area contributed by atoms with Gasteiger partial charge in [0.2, 0.25) is 0 Å². The van der Waals surface area contributed by atoms with Crippen molar-refractivity contribution >= 4 is 5.71 Å². The molecular formula is C45H43N. The number of hydrogen-bond donors (Lipinski definition) is 0. The summed E-state index contributed by atoms with van der Waals surface area (Å²) in [6.45, 7) is 13.4. The number of rotatable bonds is 7. The quantitative estimate of drug-likeness (QED) is 0.166. The molecule has 228 valence electrons. The van der Waals surface area contributed by atoms with Crippen molar-refractivity contribution in [1.82, 2.24) is 0 Å². The van der Waals surface area contributed by atoms with E-state index < -0.39 is 5.54 Å². The minimum atomic E-state index is -0.495. The fourth-order valence-corrected chi connectivity index (χ4v) is 6.51. The SMILES string of the molecule is C=C1/C=C\C=C/Cc2ccc(-c3ccc(-c4cccc(C(CC)=NC(C)(c5ccccc5)c5ccccc5)c4)cc3)cc2C1(C)C. The highest BCUT2D eigenvalue weighted by molar-refractivity contribution is 6.01. The van der Waals surface area contributed by atoms with Gasteiger partial charge in [-0.3, -0.25) is 4.99 Å². The van der Waals surface area contributed by atoms with Crippen molar-refractivity contribution in [3.05, 3.63) is 192 Å². The Bertz CT molecular complexity index is 1880. The van der Waals surface area contributed by atoms with Crippen molar-refractivity contribution in [3.63, 3.8) is 0 Å². The van der Waals surface area contributed by atoms with Gasteiger partial charge in [-0.2, -0.15) is 0 Å². The zero-order valence-electron chi connectivity index (χ0n) is 27.5. The number of fused-ring (bicyclic) bond motifs is 1. The molecule has 0 heterocycles. The van der Waals surface area contributed by atoms with Crippen molar-refractivity contribution in [3.8, 4) is 22.3 Å². The van der Waals surface area contributed by atoms with E-state index in [-0.39, 0.29) is 5.41 Å². The van der Waals surface area contributed by atoms with E-state index >= 15 is 0 Å². The number of benzene rings is 5. The van der Waals surface area contributed by atoms with E-state index in [9.17, 15) is 0 Å². The highest BCUT2D eigenvalue weighted by atomic mass is 14.9. The maximum atomic E-state index is 5.50. The van der Waals surface area contributed by atoms with Gasteiger partial charge in [0.05, 0.1) is 0 Å². The van der Waals surface area contributed by atoms with Crippen LogP contribution in [0, 0.1) is 0 Å². The van der Waals surface area contributed by atoms with Gasteiger partial charge in [-0.15, -0.1) is 0 Å². The lowest BCUT2D eigenvalue weighted by Crippen LogP contribution is -2.23. The number of allylic oxidation sites excluding steroid dienone is 5. The minimum absolute atomic E-state index is 0.149. The molecule has 1 heteroatoms. The maximum Gasteiger partial charge on any atom is 0.108 e. The van der Waals surface area contributed by atoms with Gasteiger partial charge in [-0.25, -0.2) is 0 Å². The highest BCUT2D eigenvalue weighted by Gasteiger charge is 2.29. The first-order chi connectivity index (χ1) is 22.3. The van der Waals surface area contributed by atoms with Crippen molar-refractivity contribution in [2.24, 2.45) is 4.99 Å². The largest absolute Gasteiger partial charge is 0.273 e. The molecule has 1 nitrogen and oxygen atoms in total. The Morgan fingerprint density at radius 2 is 1.28 bits per heavy atom. The molecule has 5 aromatic rings. The van der Waals surface area contributed by atoms with Crippen molar-refractivity contribution in [1.29, 1.82) is 0 Å². The first-order valence-electron chi connectivity index (χ1n) is 16.4. The molecule has 0 radical (unpaired) electrons. The molecular weight excluding hydrogens is 555 g/mol. The summed E-state index contributed by atoms with van der Waals surface area (Å²) >= 11 is 0. The third-order valence-corrected chi connectivity index (χ3v) is 9.58. The molecule has 1 aliphatic rings.